The van der Waals surface area contributed by atoms with Crippen molar-refractivity contribution in [3.05, 3.63) is 58.9 Å². The summed E-state index contributed by atoms with van der Waals surface area (Å²) in [4.78, 5) is 0. The highest BCUT2D eigenvalue weighted by atomic mass is 35.5. The molecule has 112 valence electrons. The summed E-state index contributed by atoms with van der Waals surface area (Å²) in [5, 5.41) is 13.4. The van der Waals surface area contributed by atoms with E-state index in [1.54, 1.807) is 43.3 Å². The summed E-state index contributed by atoms with van der Waals surface area (Å²) in [6.07, 6.45) is -0.704. The van der Waals surface area contributed by atoms with Crippen molar-refractivity contribution in [2.24, 2.45) is 0 Å². The molecule has 0 aliphatic carbocycles. The maximum Gasteiger partial charge on any atom is 0.128 e. The number of aliphatic hydroxyl groups is 1. The first-order chi connectivity index (χ1) is 10.0. The van der Waals surface area contributed by atoms with Gasteiger partial charge in [-0.15, -0.1) is 0 Å². The first-order valence-electron chi connectivity index (χ1n) is 6.61. The molecule has 0 saturated heterocycles. The van der Waals surface area contributed by atoms with E-state index in [2.05, 4.69) is 5.32 Å². The smallest absolute Gasteiger partial charge is 0.128 e. The molecule has 0 saturated carbocycles. The molecule has 2 N–H and O–H groups in total. The van der Waals surface area contributed by atoms with Crippen molar-refractivity contribution in [2.75, 3.05) is 18.5 Å². The summed E-state index contributed by atoms with van der Waals surface area (Å²) in [5.41, 5.74) is 1.22. The Kier molecular flexibility index (Phi) is 5.42. The number of rotatable bonds is 6. The molecular weight excluding hydrogens is 293 g/mol. The summed E-state index contributed by atoms with van der Waals surface area (Å²) in [7, 11) is 0. The molecule has 1 atom stereocenters. The van der Waals surface area contributed by atoms with Gasteiger partial charge in [0.15, 0.2) is 0 Å². The fourth-order valence-electron chi connectivity index (χ4n) is 1.72. The van der Waals surface area contributed by atoms with E-state index in [1.165, 1.54) is 6.07 Å². The zero-order chi connectivity index (χ0) is 15.2. The Hall–Kier alpha value is -1.78. The van der Waals surface area contributed by atoms with Gasteiger partial charge in [-0.2, -0.15) is 0 Å². The average Bonchev–Trinajstić information content (AvgIpc) is 2.48. The average molecular weight is 310 g/mol. The largest absolute Gasteiger partial charge is 0.491 e. The third-order valence-corrected chi connectivity index (χ3v) is 3.22. The van der Waals surface area contributed by atoms with E-state index >= 15 is 0 Å². The van der Waals surface area contributed by atoms with Crippen molar-refractivity contribution in [1.82, 2.24) is 0 Å². The highest BCUT2D eigenvalue weighted by molar-refractivity contribution is 6.30. The molecule has 0 fully saturated rings. The quantitative estimate of drug-likeness (QED) is 0.856. The number of anilines is 1. The molecule has 0 aliphatic heterocycles. The van der Waals surface area contributed by atoms with Crippen molar-refractivity contribution in [1.29, 1.82) is 0 Å². The molecule has 0 aromatic heterocycles. The van der Waals surface area contributed by atoms with Gasteiger partial charge in [-0.05, 0) is 48.9 Å². The minimum Gasteiger partial charge on any atom is -0.491 e. The van der Waals surface area contributed by atoms with Crippen LogP contribution in [0.3, 0.4) is 0 Å². The third-order valence-electron chi connectivity index (χ3n) is 2.97. The molecule has 3 nitrogen and oxygen atoms in total. The number of ether oxygens (including phenoxy) is 1. The SMILES string of the molecule is Cc1ccc(NCC(O)COc2ccc(Cl)cc2)cc1F. The van der Waals surface area contributed by atoms with Crippen molar-refractivity contribution in [2.45, 2.75) is 13.0 Å². The lowest BCUT2D eigenvalue weighted by Gasteiger charge is -2.14. The Morgan fingerprint density at radius 2 is 1.95 bits per heavy atom. The number of halogens is 2. The van der Waals surface area contributed by atoms with Gasteiger partial charge in [-0.1, -0.05) is 17.7 Å². The highest BCUT2D eigenvalue weighted by Gasteiger charge is 2.06. The van der Waals surface area contributed by atoms with Gasteiger partial charge in [0, 0.05) is 17.3 Å². The van der Waals surface area contributed by atoms with Crippen molar-refractivity contribution in [3.63, 3.8) is 0 Å². The maximum absolute atomic E-state index is 13.4. The Morgan fingerprint density at radius 3 is 2.62 bits per heavy atom. The Labute approximate surface area is 128 Å². The molecule has 0 radical (unpaired) electrons. The van der Waals surface area contributed by atoms with Crippen molar-refractivity contribution in [3.8, 4) is 5.75 Å². The fraction of sp³-hybridized carbons (Fsp3) is 0.250. The standard InChI is InChI=1S/C16H17ClFNO2/c1-11-2-5-13(8-16(11)18)19-9-14(20)10-21-15-6-3-12(17)4-7-15/h2-8,14,19-20H,9-10H2,1H3. The summed E-state index contributed by atoms with van der Waals surface area (Å²) >= 11 is 5.77. The number of hydrogen-bond donors (Lipinski definition) is 2. The first kappa shape index (κ1) is 15.6. The van der Waals surface area contributed by atoms with Gasteiger partial charge in [-0.3, -0.25) is 0 Å². The Bertz CT molecular complexity index is 589. The van der Waals surface area contributed by atoms with Crippen LogP contribution in [-0.4, -0.2) is 24.4 Å². The van der Waals surface area contributed by atoms with Crippen LogP contribution < -0.4 is 10.1 Å². The Morgan fingerprint density at radius 1 is 1.24 bits per heavy atom. The molecule has 0 amide bonds. The number of aryl methyl sites for hydroxylation is 1. The first-order valence-corrected chi connectivity index (χ1v) is 6.99. The molecule has 5 heteroatoms. The topological polar surface area (TPSA) is 41.5 Å². The van der Waals surface area contributed by atoms with Gasteiger partial charge >= 0.3 is 0 Å². The minimum absolute atomic E-state index is 0.142. The minimum atomic E-state index is -0.704. The van der Waals surface area contributed by atoms with E-state index in [4.69, 9.17) is 16.3 Å². The molecule has 0 bridgehead atoms. The van der Waals surface area contributed by atoms with Crippen LogP contribution in [0.2, 0.25) is 5.02 Å². The third kappa shape index (κ3) is 4.92. The van der Waals surface area contributed by atoms with Gasteiger partial charge in [0.1, 0.15) is 24.3 Å². The normalized spacial score (nSPS) is 12.0. The molecule has 21 heavy (non-hydrogen) atoms. The number of aliphatic hydroxyl groups excluding tert-OH is 1. The van der Waals surface area contributed by atoms with E-state index < -0.39 is 6.10 Å². The monoisotopic (exact) mass is 309 g/mol. The second-order valence-corrected chi connectivity index (χ2v) is 5.20. The molecule has 0 aliphatic rings. The van der Waals surface area contributed by atoms with Gasteiger partial charge in [0.05, 0.1) is 0 Å². The van der Waals surface area contributed by atoms with Gasteiger partial charge in [-0.25, -0.2) is 4.39 Å². The van der Waals surface area contributed by atoms with Crippen LogP contribution in [-0.2, 0) is 0 Å². The lowest BCUT2D eigenvalue weighted by Crippen LogP contribution is -2.26. The Balaban J connectivity index is 1.77. The van der Waals surface area contributed by atoms with E-state index in [1.807, 2.05) is 0 Å². The highest BCUT2D eigenvalue weighted by Crippen LogP contribution is 2.16. The van der Waals surface area contributed by atoms with E-state index in [-0.39, 0.29) is 19.0 Å². The lowest BCUT2D eigenvalue weighted by molar-refractivity contribution is 0.117. The van der Waals surface area contributed by atoms with E-state index in [0.29, 0.717) is 22.0 Å². The van der Waals surface area contributed by atoms with Gasteiger partial charge in [0.2, 0.25) is 0 Å². The van der Waals surface area contributed by atoms with Crippen molar-refractivity contribution < 1.29 is 14.2 Å². The summed E-state index contributed by atoms with van der Waals surface area (Å²) in [6, 6.07) is 11.8. The zero-order valence-electron chi connectivity index (χ0n) is 11.6. The van der Waals surface area contributed by atoms with Crippen LogP contribution in [0.5, 0.6) is 5.75 Å². The molecule has 1 unspecified atom stereocenters. The number of hydrogen-bond acceptors (Lipinski definition) is 3. The molecule has 2 aromatic carbocycles. The maximum atomic E-state index is 13.4. The summed E-state index contributed by atoms with van der Waals surface area (Å²) < 4.78 is 18.8. The van der Waals surface area contributed by atoms with Gasteiger partial charge in [0.25, 0.3) is 0 Å². The molecule has 2 rings (SSSR count). The van der Waals surface area contributed by atoms with E-state index in [9.17, 15) is 9.50 Å². The van der Waals surface area contributed by atoms with Crippen LogP contribution in [0, 0.1) is 12.7 Å². The molecular formula is C16H17ClFNO2. The number of benzene rings is 2. The second-order valence-electron chi connectivity index (χ2n) is 4.76. The van der Waals surface area contributed by atoms with Gasteiger partial charge < -0.3 is 15.2 Å². The molecule has 0 spiro atoms. The summed E-state index contributed by atoms with van der Waals surface area (Å²) in [5.74, 6) is 0.367. The second kappa shape index (κ2) is 7.29. The van der Waals surface area contributed by atoms with E-state index in [0.717, 1.165) is 0 Å². The zero-order valence-corrected chi connectivity index (χ0v) is 12.4. The lowest BCUT2D eigenvalue weighted by atomic mass is 10.2. The van der Waals surface area contributed by atoms with Crippen molar-refractivity contribution >= 4 is 17.3 Å². The van der Waals surface area contributed by atoms with Crippen LogP contribution in [0.15, 0.2) is 42.5 Å². The fourth-order valence-corrected chi connectivity index (χ4v) is 1.85. The predicted octanol–water partition coefficient (Wildman–Crippen LogP) is 3.64. The molecule has 0 heterocycles. The van der Waals surface area contributed by atoms with Crippen LogP contribution >= 0.6 is 11.6 Å². The van der Waals surface area contributed by atoms with Crippen LogP contribution in [0.25, 0.3) is 0 Å². The summed E-state index contributed by atoms with van der Waals surface area (Å²) in [6.45, 7) is 2.12. The molecule has 2 aromatic rings. The predicted molar refractivity (Wildman–Crippen MR) is 82.6 cm³/mol. The van der Waals surface area contributed by atoms with Crippen LogP contribution in [0.1, 0.15) is 5.56 Å². The number of nitrogens with one attached hydrogen (secondary N) is 1. The van der Waals surface area contributed by atoms with Crippen LogP contribution in [0.4, 0.5) is 10.1 Å².